The number of anilines is 2. The summed E-state index contributed by atoms with van der Waals surface area (Å²) in [7, 11) is 0. The molecular formula is C56H72N12O10. The first-order chi connectivity index (χ1) is 37.4. The molecule has 22 nitrogen and oxygen atoms in total. The highest BCUT2D eigenvalue weighted by Crippen LogP contribution is 2.32. The predicted octanol–water partition coefficient (Wildman–Crippen LogP) is 6.21. The standard InChI is InChI=1S/C33H44N6O7.C23H28N6O3/c1-32(2,3)45-30(41)36-22-17-26-25(35-19-22)7-8-29(40)38(26)14-13-37-11-9-24(10-12-37)39(31(42)46-33(4,5)6)21-23-18-27-28(20-34-23)44-16-15-43-27;24-16-11-20-19(27-13-16)1-2-23(30)29(20)8-7-28-5-3-17(4-6-28)25-14-18-12-21-22(15-26-18)32-10-9-31-21/h7-8,17-20,24H,9-16,21H2,1-6H3,(H,36,41);1-2,11-13,15,17,25H,3-10,14,24H2. The quantitative estimate of drug-likeness (QED) is 0.116. The molecular weight excluding hydrogens is 1000 g/mol. The van der Waals surface area contributed by atoms with Gasteiger partial charge in [-0.05, 0) is 105 Å². The van der Waals surface area contributed by atoms with Crippen molar-refractivity contribution in [2.24, 2.45) is 0 Å². The summed E-state index contributed by atoms with van der Waals surface area (Å²) in [5, 5.41) is 6.32. The van der Waals surface area contributed by atoms with Gasteiger partial charge in [-0.2, -0.15) is 0 Å². The number of likely N-dealkylation sites (tertiary alicyclic amines) is 2. The molecule has 0 bridgehead atoms. The van der Waals surface area contributed by atoms with Crippen LogP contribution in [-0.2, 0) is 35.7 Å². The van der Waals surface area contributed by atoms with E-state index >= 15 is 0 Å². The van der Waals surface area contributed by atoms with E-state index in [1.165, 1.54) is 6.07 Å². The number of piperidine rings is 2. The number of fused-ring (bicyclic) bond motifs is 4. The molecule has 0 unspecified atom stereocenters. The summed E-state index contributed by atoms with van der Waals surface area (Å²) in [6.07, 6.45) is 9.16. The van der Waals surface area contributed by atoms with Crippen molar-refractivity contribution in [1.82, 2.24) is 49.1 Å². The maximum Gasteiger partial charge on any atom is 0.412 e. The van der Waals surface area contributed by atoms with Crippen molar-refractivity contribution in [2.45, 2.75) is 117 Å². The van der Waals surface area contributed by atoms with Crippen molar-refractivity contribution in [3.8, 4) is 23.0 Å². The molecule has 10 rings (SSSR count). The lowest BCUT2D eigenvalue weighted by Crippen LogP contribution is -2.49. The molecule has 4 N–H and O–H groups in total. The zero-order chi connectivity index (χ0) is 55.0. The smallest absolute Gasteiger partial charge is 0.412 e. The molecule has 22 heteroatoms. The van der Waals surface area contributed by atoms with Crippen LogP contribution in [0.1, 0.15) is 78.6 Å². The number of nitrogen functional groups attached to an aromatic ring is 1. The van der Waals surface area contributed by atoms with Crippen LogP contribution in [0.3, 0.4) is 0 Å². The van der Waals surface area contributed by atoms with Crippen LogP contribution in [0.2, 0.25) is 0 Å². The van der Waals surface area contributed by atoms with Crippen LogP contribution in [0, 0.1) is 0 Å². The Morgan fingerprint density at radius 1 is 0.628 bits per heavy atom. The number of hydrogen-bond acceptors (Lipinski definition) is 18. The fraction of sp³-hybridized carbons (Fsp3) is 0.500. The first-order valence-electron chi connectivity index (χ1n) is 26.8. The minimum absolute atomic E-state index is 0.0200. The predicted molar refractivity (Wildman–Crippen MR) is 294 cm³/mol. The van der Waals surface area contributed by atoms with Crippen LogP contribution in [0.15, 0.2) is 82.9 Å². The third-order valence-electron chi connectivity index (χ3n) is 13.7. The van der Waals surface area contributed by atoms with Gasteiger partial charge >= 0.3 is 12.2 Å². The molecule has 416 valence electrons. The third-order valence-corrected chi connectivity index (χ3v) is 13.7. The summed E-state index contributed by atoms with van der Waals surface area (Å²) in [5.41, 5.74) is 9.95. The fourth-order valence-corrected chi connectivity index (χ4v) is 9.85. The van der Waals surface area contributed by atoms with Crippen LogP contribution < -0.4 is 46.4 Å². The van der Waals surface area contributed by atoms with Gasteiger partial charge in [0.1, 0.15) is 37.6 Å². The minimum atomic E-state index is -0.643. The molecule has 0 atom stereocenters. The van der Waals surface area contributed by atoms with Gasteiger partial charge in [-0.1, -0.05) is 0 Å². The Balaban J connectivity index is 0.000000202. The van der Waals surface area contributed by atoms with E-state index in [1.54, 1.807) is 83.9 Å². The van der Waals surface area contributed by atoms with Crippen molar-refractivity contribution >= 4 is 45.6 Å². The highest BCUT2D eigenvalue weighted by Gasteiger charge is 2.32. The Labute approximate surface area is 453 Å². The number of ether oxygens (including phenoxy) is 6. The average Bonchev–Trinajstić information content (AvgIpc) is 3.43. The van der Waals surface area contributed by atoms with Gasteiger partial charge in [-0.25, -0.2) is 9.59 Å². The molecule has 4 aliphatic heterocycles. The highest BCUT2D eigenvalue weighted by atomic mass is 16.6. The van der Waals surface area contributed by atoms with Gasteiger partial charge in [0.25, 0.3) is 11.1 Å². The van der Waals surface area contributed by atoms with Gasteiger partial charge in [0.15, 0.2) is 23.0 Å². The molecule has 0 aromatic carbocycles. The van der Waals surface area contributed by atoms with Gasteiger partial charge < -0.3 is 58.4 Å². The van der Waals surface area contributed by atoms with Crippen molar-refractivity contribution in [1.29, 1.82) is 0 Å². The van der Waals surface area contributed by atoms with E-state index < -0.39 is 17.3 Å². The van der Waals surface area contributed by atoms with Crippen molar-refractivity contribution < 1.29 is 38.0 Å². The molecule has 2 saturated heterocycles. The Hall–Kier alpha value is -7.56. The monoisotopic (exact) mass is 1070 g/mol. The molecule has 0 radical (unpaired) electrons. The van der Waals surface area contributed by atoms with E-state index in [9.17, 15) is 19.2 Å². The third kappa shape index (κ3) is 14.7. The molecule has 6 aromatic heterocycles. The van der Waals surface area contributed by atoms with Crippen LogP contribution in [0.4, 0.5) is 21.0 Å². The number of carbonyl (C=O) groups is 2. The number of hydrogen-bond donors (Lipinski definition) is 3. The SMILES string of the molecule is CC(C)(C)OC(=O)Nc1cnc2ccc(=O)n(CCN3CCC(N(Cc4cc5c(cn4)OCCO5)C(=O)OC(C)(C)C)CC3)c2c1.Nc1cnc2ccc(=O)n(CCN3CCC(NCc4cc5c(cn4)OCCO5)CC3)c2c1. The summed E-state index contributed by atoms with van der Waals surface area (Å²) in [4.78, 5) is 75.3. The second-order valence-electron chi connectivity index (χ2n) is 21.9. The topological polar surface area (TPSA) is 245 Å². The lowest BCUT2D eigenvalue weighted by atomic mass is 10.0. The second kappa shape index (κ2) is 24.4. The lowest BCUT2D eigenvalue weighted by molar-refractivity contribution is 0.00527. The Kier molecular flexibility index (Phi) is 17.3. The molecule has 6 aromatic rings. The van der Waals surface area contributed by atoms with Gasteiger partial charge in [0.2, 0.25) is 0 Å². The van der Waals surface area contributed by atoms with Crippen molar-refractivity contribution in [2.75, 3.05) is 76.7 Å². The molecule has 78 heavy (non-hydrogen) atoms. The number of pyridine rings is 6. The summed E-state index contributed by atoms with van der Waals surface area (Å²) in [6.45, 7) is 20.0. The van der Waals surface area contributed by atoms with E-state index in [0.717, 1.165) is 86.6 Å². The van der Waals surface area contributed by atoms with Crippen LogP contribution >= 0.6 is 0 Å². The van der Waals surface area contributed by atoms with E-state index in [1.807, 2.05) is 39.0 Å². The highest BCUT2D eigenvalue weighted by molar-refractivity contribution is 5.88. The lowest BCUT2D eigenvalue weighted by Gasteiger charge is -2.39. The number of carbonyl (C=O) groups excluding carboxylic acids is 2. The molecule has 0 spiro atoms. The molecule has 2 amide bonds. The minimum Gasteiger partial charge on any atom is -0.486 e. The second-order valence-corrected chi connectivity index (χ2v) is 21.9. The summed E-state index contributed by atoms with van der Waals surface area (Å²) in [5.74, 6) is 2.72. The number of rotatable bonds is 13. The van der Waals surface area contributed by atoms with E-state index in [-0.39, 0.29) is 29.8 Å². The maximum atomic E-state index is 13.4. The number of nitrogens with zero attached hydrogens (tertiary/aromatic N) is 9. The first kappa shape index (κ1) is 55.2. The zero-order valence-electron chi connectivity index (χ0n) is 45.5. The summed E-state index contributed by atoms with van der Waals surface area (Å²) in [6, 6.07) is 14.3. The largest absolute Gasteiger partial charge is 0.486 e. The Bertz CT molecular complexity index is 3190. The van der Waals surface area contributed by atoms with Crippen LogP contribution in [-0.4, -0.2) is 145 Å². The van der Waals surface area contributed by atoms with Crippen LogP contribution in [0.5, 0.6) is 23.0 Å². The Morgan fingerprint density at radius 3 is 1.72 bits per heavy atom. The number of aromatic nitrogens is 6. The Morgan fingerprint density at radius 2 is 1.14 bits per heavy atom. The maximum absolute atomic E-state index is 13.4. The van der Waals surface area contributed by atoms with Gasteiger partial charge in [0, 0.05) is 82.2 Å². The van der Waals surface area contributed by atoms with Crippen molar-refractivity contribution in [3.63, 3.8) is 0 Å². The number of amides is 2. The van der Waals surface area contributed by atoms with Gasteiger partial charge in [-0.15, -0.1) is 0 Å². The fourth-order valence-electron chi connectivity index (χ4n) is 9.85. The van der Waals surface area contributed by atoms with Crippen molar-refractivity contribution in [3.05, 3.63) is 105 Å². The van der Waals surface area contributed by atoms with E-state index in [0.29, 0.717) is 98.2 Å². The molecule has 10 heterocycles. The van der Waals surface area contributed by atoms with Crippen LogP contribution in [0.25, 0.3) is 22.1 Å². The number of nitrogens with one attached hydrogen (secondary N) is 2. The normalized spacial score (nSPS) is 16.3. The molecule has 0 aliphatic carbocycles. The molecule has 0 saturated carbocycles. The van der Waals surface area contributed by atoms with Gasteiger partial charge in [-0.3, -0.25) is 39.7 Å². The van der Waals surface area contributed by atoms with Gasteiger partial charge in [0.05, 0.1) is 76.2 Å². The zero-order valence-corrected chi connectivity index (χ0v) is 45.5. The van der Waals surface area contributed by atoms with E-state index in [2.05, 4.69) is 40.4 Å². The molecule has 2 fully saturated rings. The van der Waals surface area contributed by atoms with E-state index in [4.69, 9.17) is 34.2 Å². The summed E-state index contributed by atoms with van der Waals surface area (Å²) >= 11 is 0. The summed E-state index contributed by atoms with van der Waals surface area (Å²) < 4.78 is 37.1. The first-order valence-corrected chi connectivity index (χ1v) is 26.8. The average molecular weight is 1070 g/mol. The molecule has 4 aliphatic rings. The number of nitrogens with two attached hydrogens (primary N) is 1.